The van der Waals surface area contributed by atoms with E-state index in [1.165, 1.54) is 11.1 Å². The molecule has 3 nitrogen and oxygen atoms in total. The average molecular weight is 241 g/mol. The van der Waals surface area contributed by atoms with Crippen LogP contribution in [0.4, 0.5) is 0 Å². The van der Waals surface area contributed by atoms with E-state index in [0.29, 0.717) is 0 Å². The van der Waals surface area contributed by atoms with Crippen LogP contribution in [-0.4, -0.2) is 16.0 Å². The first-order valence-corrected chi connectivity index (χ1v) is 6.33. The van der Waals surface area contributed by atoms with Crippen molar-refractivity contribution in [3.8, 4) is 11.1 Å². The number of hydrogen-bond acceptors (Lipinski definition) is 3. The summed E-state index contributed by atoms with van der Waals surface area (Å²) >= 11 is 0. The SMILES string of the molecule is CCC(N)Cc1ncc(-c2ccccc2C)cn1. The predicted molar refractivity (Wildman–Crippen MR) is 74.2 cm³/mol. The van der Waals surface area contributed by atoms with Crippen molar-refractivity contribution in [3.05, 3.63) is 48.0 Å². The van der Waals surface area contributed by atoms with Crippen LogP contribution in [0.25, 0.3) is 11.1 Å². The second kappa shape index (κ2) is 5.74. The summed E-state index contributed by atoms with van der Waals surface area (Å²) in [6.45, 7) is 4.17. The number of aromatic nitrogens is 2. The first-order valence-electron chi connectivity index (χ1n) is 6.33. The molecule has 3 heteroatoms. The zero-order valence-corrected chi connectivity index (χ0v) is 10.9. The maximum absolute atomic E-state index is 5.90. The van der Waals surface area contributed by atoms with Gasteiger partial charge in [0.05, 0.1) is 0 Å². The molecule has 1 unspecified atom stereocenters. The summed E-state index contributed by atoms with van der Waals surface area (Å²) in [6, 6.07) is 8.40. The molecule has 2 rings (SSSR count). The van der Waals surface area contributed by atoms with Crippen LogP contribution in [0.5, 0.6) is 0 Å². The minimum absolute atomic E-state index is 0.148. The molecule has 0 bridgehead atoms. The molecule has 0 fully saturated rings. The molecule has 0 radical (unpaired) electrons. The largest absolute Gasteiger partial charge is 0.327 e. The second-order valence-corrected chi connectivity index (χ2v) is 4.58. The standard InChI is InChI=1S/C15H19N3/c1-3-13(16)8-15-17-9-12(10-18-15)14-7-5-4-6-11(14)2/h4-7,9-10,13H,3,8,16H2,1-2H3. The molecule has 1 atom stereocenters. The fourth-order valence-corrected chi connectivity index (χ4v) is 1.87. The van der Waals surface area contributed by atoms with Crippen molar-refractivity contribution in [3.63, 3.8) is 0 Å². The average Bonchev–Trinajstić information content (AvgIpc) is 2.40. The van der Waals surface area contributed by atoms with Crippen LogP contribution in [0.15, 0.2) is 36.7 Å². The summed E-state index contributed by atoms with van der Waals surface area (Å²) in [5.41, 5.74) is 9.38. The van der Waals surface area contributed by atoms with Gasteiger partial charge in [-0.1, -0.05) is 31.2 Å². The van der Waals surface area contributed by atoms with Crippen LogP contribution in [0.2, 0.25) is 0 Å². The second-order valence-electron chi connectivity index (χ2n) is 4.58. The highest BCUT2D eigenvalue weighted by atomic mass is 14.9. The van der Waals surface area contributed by atoms with E-state index in [9.17, 15) is 0 Å². The minimum atomic E-state index is 0.148. The van der Waals surface area contributed by atoms with E-state index in [2.05, 4.69) is 35.9 Å². The van der Waals surface area contributed by atoms with Crippen LogP contribution in [-0.2, 0) is 6.42 Å². The van der Waals surface area contributed by atoms with E-state index in [1.54, 1.807) is 0 Å². The molecule has 18 heavy (non-hydrogen) atoms. The van der Waals surface area contributed by atoms with Gasteiger partial charge in [-0.2, -0.15) is 0 Å². The van der Waals surface area contributed by atoms with Crippen LogP contribution in [0, 0.1) is 6.92 Å². The molecule has 0 saturated carbocycles. The van der Waals surface area contributed by atoms with Gasteiger partial charge in [-0.15, -0.1) is 0 Å². The molecule has 94 valence electrons. The zero-order valence-electron chi connectivity index (χ0n) is 10.9. The lowest BCUT2D eigenvalue weighted by atomic mass is 10.0. The number of aryl methyl sites for hydroxylation is 1. The third-order valence-electron chi connectivity index (χ3n) is 3.13. The molecule has 2 N–H and O–H groups in total. The lowest BCUT2D eigenvalue weighted by Crippen LogP contribution is -2.22. The monoisotopic (exact) mass is 241 g/mol. The van der Waals surface area contributed by atoms with Crippen molar-refractivity contribution >= 4 is 0 Å². The third-order valence-corrected chi connectivity index (χ3v) is 3.13. The van der Waals surface area contributed by atoms with Gasteiger partial charge in [0.1, 0.15) is 5.82 Å². The van der Waals surface area contributed by atoms with Crippen molar-refractivity contribution < 1.29 is 0 Å². The Bertz CT molecular complexity index is 505. The molecule has 0 saturated heterocycles. The number of nitrogens with zero attached hydrogens (tertiary/aromatic N) is 2. The molecule has 1 aromatic heterocycles. The summed E-state index contributed by atoms with van der Waals surface area (Å²) in [5.74, 6) is 0.821. The Morgan fingerprint density at radius 3 is 2.44 bits per heavy atom. The summed E-state index contributed by atoms with van der Waals surface area (Å²) in [7, 11) is 0. The van der Waals surface area contributed by atoms with Crippen molar-refractivity contribution in [1.29, 1.82) is 0 Å². The Balaban J connectivity index is 2.20. The highest BCUT2D eigenvalue weighted by Gasteiger charge is 2.06. The summed E-state index contributed by atoms with van der Waals surface area (Å²) in [4.78, 5) is 8.79. The Morgan fingerprint density at radius 2 is 1.83 bits per heavy atom. The molecule has 2 aromatic rings. The highest BCUT2D eigenvalue weighted by Crippen LogP contribution is 2.21. The van der Waals surface area contributed by atoms with E-state index < -0.39 is 0 Å². The molecule has 0 aliphatic rings. The lowest BCUT2D eigenvalue weighted by Gasteiger charge is -2.08. The van der Waals surface area contributed by atoms with Crippen molar-refractivity contribution in [2.45, 2.75) is 32.7 Å². The first kappa shape index (κ1) is 12.7. The van der Waals surface area contributed by atoms with Gasteiger partial charge in [0, 0.05) is 30.4 Å². The summed E-state index contributed by atoms with van der Waals surface area (Å²) in [6.07, 6.45) is 5.45. The van der Waals surface area contributed by atoms with Crippen LogP contribution >= 0.6 is 0 Å². The topological polar surface area (TPSA) is 51.8 Å². The normalized spacial score (nSPS) is 12.4. The van der Waals surface area contributed by atoms with Crippen molar-refractivity contribution in [1.82, 2.24) is 9.97 Å². The van der Waals surface area contributed by atoms with Gasteiger partial charge in [-0.25, -0.2) is 9.97 Å². The molecular weight excluding hydrogens is 222 g/mol. The van der Waals surface area contributed by atoms with Gasteiger partial charge in [0.2, 0.25) is 0 Å². The number of hydrogen-bond donors (Lipinski definition) is 1. The van der Waals surface area contributed by atoms with Gasteiger partial charge in [0.25, 0.3) is 0 Å². The van der Waals surface area contributed by atoms with Gasteiger partial charge in [0.15, 0.2) is 0 Å². The maximum atomic E-state index is 5.90. The van der Waals surface area contributed by atoms with Crippen LogP contribution in [0.3, 0.4) is 0 Å². The number of rotatable bonds is 4. The van der Waals surface area contributed by atoms with Gasteiger partial charge in [-0.05, 0) is 24.5 Å². The fourth-order valence-electron chi connectivity index (χ4n) is 1.87. The number of benzene rings is 1. The molecule has 0 amide bonds. The zero-order chi connectivity index (χ0) is 13.0. The Labute approximate surface area is 108 Å². The summed E-state index contributed by atoms with van der Waals surface area (Å²) in [5, 5.41) is 0. The van der Waals surface area contributed by atoms with Crippen LogP contribution in [0.1, 0.15) is 24.7 Å². The Kier molecular flexibility index (Phi) is 4.05. The molecule has 1 aromatic carbocycles. The van der Waals surface area contributed by atoms with Crippen LogP contribution < -0.4 is 5.73 Å². The van der Waals surface area contributed by atoms with E-state index in [0.717, 1.165) is 24.2 Å². The predicted octanol–water partition coefficient (Wildman–Crippen LogP) is 2.73. The smallest absolute Gasteiger partial charge is 0.129 e. The third kappa shape index (κ3) is 2.93. The Morgan fingerprint density at radius 1 is 1.17 bits per heavy atom. The number of nitrogens with two attached hydrogens (primary N) is 1. The minimum Gasteiger partial charge on any atom is -0.327 e. The fraction of sp³-hybridized carbons (Fsp3) is 0.333. The van der Waals surface area contributed by atoms with Crippen molar-refractivity contribution in [2.24, 2.45) is 5.73 Å². The molecular formula is C15H19N3. The van der Waals surface area contributed by atoms with E-state index in [1.807, 2.05) is 24.5 Å². The lowest BCUT2D eigenvalue weighted by molar-refractivity contribution is 0.624. The van der Waals surface area contributed by atoms with E-state index in [4.69, 9.17) is 5.73 Å². The maximum Gasteiger partial charge on any atom is 0.129 e. The quantitative estimate of drug-likeness (QED) is 0.895. The molecule has 0 aliphatic carbocycles. The highest BCUT2D eigenvalue weighted by molar-refractivity contribution is 5.65. The van der Waals surface area contributed by atoms with E-state index in [-0.39, 0.29) is 6.04 Å². The molecule has 0 aliphatic heterocycles. The first-order chi connectivity index (χ1) is 8.70. The van der Waals surface area contributed by atoms with Gasteiger partial charge in [-0.3, -0.25) is 0 Å². The van der Waals surface area contributed by atoms with Gasteiger partial charge < -0.3 is 5.73 Å². The Hall–Kier alpha value is -1.74. The molecule has 0 spiro atoms. The van der Waals surface area contributed by atoms with E-state index >= 15 is 0 Å². The molecule has 1 heterocycles. The van der Waals surface area contributed by atoms with Crippen molar-refractivity contribution in [2.75, 3.05) is 0 Å². The van der Waals surface area contributed by atoms with Gasteiger partial charge >= 0.3 is 0 Å². The summed E-state index contributed by atoms with van der Waals surface area (Å²) < 4.78 is 0.